The summed E-state index contributed by atoms with van der Waals surface area (Å²) in [5.41, 5.74) is 0.445. The quantitative estimate of drug-likeness (QED) is 0.239. The number of aliphatic hydroxyl groups excluding tert-OH is 2. The van der Waals surface area contributed by atoms with Gasteiger partial charge in [0.05, 0.1) is 12.2 Å². The average Bonchev–Trinajstić information content (AvgIpc) is 3.26. The van der Waals surface area contributed by atoms with E-state index in [1.165, 1.54) is 37.6 Å². The van der Waals surface area contributed by atoms with Crippen molar-refractivity contribution in [1.29, 1.82) is 0 Å². The van der Waals surface area contributed by atoms with Crippen LogP contribution in [0.15, 0.2) is 0 Å². The number of carbonyl (C=O) groups excluding carboxylic acids is 1. The molecule has 11 atom stereocenters. The van der Waals surface area contributed by atoms with Crippen molar-refractivity contribution in [1.82, 2.24) is 10.0 Å². The van der Waals surface area contributed by atoms with Crippen molar-refractivity contribution >= 4 is 18.0 Å². The Morgan fingerprint density at radius 1 is 0.950 bits per heavy atom. The van der Waals surface area contributed by atoms with E-state index in [0.717, 1.165) is 32.1 Å². The van der Waals surface area contributed by atoms with E-state index in [-0.39, 0.29) is 53.1 Å². The zero-order chi connectivity index (χ0) is 28.9. The van der Waals surface area contributed by atoms with Crippen molar-refractivity contribution in [2.45, 2.75) is 135 Å². The Balaban J connectivity index is 1.16. The largest absolute Gasteiger partial charge is 0.393 e. The minimum atomic E-state index is -2.54. The molecule has 0 bridgehead atoms. The third kappa shape index (κ3) is 5.68. The molecular weight excluding hydrogens is 530 g/mol. The van der Waals surface area contributed by atoms with Crippen LogP contribution in [0.1, 0.15) is 111 Å². The maximum atomic E-state index is 13.4. The molecule has 40 heavy (non-hydrogen) atoms. The summed E-state index contributed by atoms with van der Waals surface area (Å²) in [5, 5.41) is 25.5. The summed E-state index contributed by atoms with van der Waals surface area (Å²) >= 11 is 1.29. The van der Waals surface area contributed by atoms with Gasteiger partial charge in [-0.25, -0.2) is 13.6 Å². The van der Waals surface area contributed by atoms with Crippen LogP contribution in [0.25, 0.3) is 0 Å². The summed E-state index contributed by atoms with van der Waals surface area (Å²) in [6.07, 6.45) is 9.76. The summed E-state index contributed by atoms with van der Waals surface area (Å²) < 4.78 is 29.6. The van der Waals surface area contributed by atoms with Crippen molar-refractivity contribution in [3.63, 3.8) is 0 Å². The molecule has 0 aliphatic heterocycles. The van der Waals surface area contributed by atoms with Gasteiger partial charge in [-0.1, -0.05) is 34.1 Å². The van der Waals surface area contributed by atoms with Gasteiger partial charge in [0.15, 0.2) is 0 Å². The van der Waals surface area contributed by atoms with Gasteiger partial charge in [-0.2, -0.15) is 0 Å². The molecule has 5 aliphatic rings. The first-order valence-electron chi connectivity index (χ1n) is 16.3. The highest BCUT2D eigenvalue weighted by Gasteiger charge is 2.64. The van der Waals surface area contributed by atoms with E-state index in [1.807, 2.05) is 0 Å². The molecule has 4 N–H and O–H groups in total. The van der Waals surface area contributed by atoms with Gasteiger partial charge in [0.25, 0.3) is 0 Å². The fourth-order valence-electron chi connectivity index (χ4n) is 10.9. The number of amides is 2. The van der Waals surface area contributed by atoms with E-state index in [2.05, 4.69) is 37.7 Å². The highest BCUT2D eigenvalue weighted by Crippen LogP contribution is 2.69. The molecule has 0 saturated heterocycles. The average molecular weight is 585 g/mol. The summed E-state index contributed by atoms with van der Waals surface area (Å²) in [7, 11) is 0. The summed E-state index contributed by atoms with van der Waals surface area (Å²) in [6.45, 7) is 10.2. The molecule has 0 aromatic heterocycles. The van der Waals surface area contributed by atoms with Crippen LogP contribution in [-0.2, 0) is 0 Å². The van der Waals surface area contributed by atoms with Crippen molar-refractivity contribution in [3.8, 4) is 0 Å². The van der Waals surface area contributed by atoms with Gasteiger partial charge >= 0.3 is 6.03 Å². The van der Waals surface area contributed by atoms with Gasteiger partial charge in [0.2, 0.25) is 5.92 Å². The normalized spacial score (nSPS) is 45.6. The molecule has 5 saturated carbocycles. The Kier molecular flexibility index (Phi) is 9.12. The van der Waals surface area contributed by atoms with Gasteiger partial charge in [-0.15, -0.1) is 0 Å². The Bertz CT molecular complexity index is 899. The Morgan fingerprint density at radius 3 is 2.33 bits per heavy atom. The van der Waals surface area contributed by atoms with Crippen molar-refractivity contribution < 1.29 is 23.8 Å². The molecular formula is C32H54F2N2O3S. The summed E-state index contributed by atoms with van der Waals surface area (Å²) in [4.78, 5) is 12.4. The molecule has 8 heteroatoms. The number of nitrogens with one attached hydrogen (secondary N) is 2. The zero-order valence-electron chi connectivity index (χ0n) is 25.1. The van der Waals surface area contributed by atoms with E-state index < -0.39 is 5.92 Å². The van der Waals surface area contributed by atoms with Gasteiger partial charge < -0.3 is 15.5 Å². The lowest BCUT2D eigenvalue weighted by Crippen LogP contribution is -2.62. The van der Waals surface area contributed by atoms with Crippen LogP contribution in [0.3, 0.4) is 0 Å². The van der Waals surface area contributed by atoms with Gasteiger partial charge in [0, 0.05) is 24.6 Å². The molecule has 0 aromatic rings. The number of urea groups is 1. The van der Waals surface area contributed by atoms with E-state index >= 15 is 0 Å². The van der Waals surface area contributed by atoms with Crippen LogP contribution in [0, 0.1) is 52.3 Å². The second-order valence-electron chi connectivity index (χ2n) is 14.9. The smallest absolute Gasteiger partial charge is 0.324 e. The number of hydrogen-bond acceptors (Lipinski definition) is 4. The molecule has 1 unspecified atom stereocenters. The van der Waals surface area contributed by atoms with E-state index in [4.69, 9.17) is 0 Å². The summed E-state index contributed by atoms with van der Waals surface area (Å²) in [6, 6.07) is -0.220. The van der Waals surface area contributed by atoms with Gasteiger partial charge in [-0.05, 0) is 128 Å². The fraction of sp³-hybridized carbons (Fsp3) is 0.969. The van der Waals surface area contributed by atoms with E-state index in [1.54, 1.807) is 0 Å². The van der Waals surface area contributed by atoms with Crippen LogP contribution in [0.4, 0.5) is 13.6 Å². The van der Waals surface area contributed by atoms with Crippen molar-refractivity contribution in [2.75, 3.05) is 6.54 Å². The Morgan fingerprint density at radius 2 is 1.62 bits per heavy atom. The molecule has 0 heterocycles. The lowest BCUT2D eigenvalue weighted by atomic mass is 9.41. The first-order chi connectivity index (χ1) is 18.9. The predicted molar refractivity (Wildman–Crippen MR) is 157 cm³/mol. The van der Waals surface area contributed by atoms with Crippen molar-refractivity contribution in [2.24, 2.45) is 52.3 Å². The SMILES string of the molecule is CC[C@H]1[C@@H](O)C2[C@@H]3CC[C@H]([C@H](C)CCNC(=O)NSC4CCC(F)(F)CC4)[C@@]3(C)CC[C@@H]2[C@@]2(C)CC[C@@H](O)C[C@@H]12. The lowest BCUT2D eigenvalue weighted by molar-refractivity contribution is -0.203. The number of hydrogen-bond donors (Lipinski definition) is 4. The molecule has 230 valence electrons. The van der Waals surface area contributed by atoms with E-state index in [0.29, 0.717) is 54.9 Å². The lowest BCUT2D eigenvalue weighted by Gasteiger charge is -2.64. The van der Waals surface area contributed by atoms with Crippen LogP contribution < -0.4 is 10.0 Å². The third-order valence-electron chi connectivity index (χ3n) is 13.0. The number of fused-ring (bicyclic) bond motifs is 5. The topological polar surface area (TPSA) is 81.6 Å². The molecule has 5 fully saturated rings. The van der Waals surface area contributed by atoms with Crippen molar-refractivity contribution in [3.05, 3.63) is 0 Å². The first kappa shape index (κ1) is 30.8. The van der Waals surface area contributed by atoms with Crippen LogP contribution in [0.5, 0.6) is 0 Å². The minimum Gasteiger partial charge on any atom is -0.393 e. The number of carbonyl (C=O) groups is 1. The first-order valence-corrected chi connectivity index (χ1v) is 17.2. The molecule has 0 aromatic carbocycles. The molecule has 5 aliphatic carbocycles. The number of alkyl halides is 2. The fourth-order valence-corrected chi connectivity index (χ4v) is 11.7. The van der Waals surface area contributed by atoms with Crippen LogP contribution in [0.2, 0.25) is 0 Å². The zero-order valence-corrected chi connectivity index (χ0v) is 26.0. The standard InChI is InChI=1S/C32H54F2N2O3S/c1-5-22-26-18-20(37)8-13-31(26,4)25-11-14-30(3)23(6-7-24(30)27(25)28(22)38)19(2)12-17-35-29(39)36-40-21-9-15-32(33,34)16-10-21/h19-28,37-38H,5-18H2,1-4H3,(H2,35,36,39)/t19-,20-,22-,23-,24+,25+,26+,27?,28-,30-,31-/m1/s1. The second kappa shape index (κ2) is 11.8. The minimum absolute atomic E-state index is 0.0634. The van der Waals surface area contributed by atoms with Crippen LogP contribution >= 0.6 is 11.9 Å². The highest BCUT2D eigenvalue weighted by atomic mass is 32.2. The summed E-state index contributed by atoms with van der Waals surface area (Å²) in [5.74, 6) is 0.688. The number of halogens is 2. The predicted octanol–water partition coefficient (Wildman–Crippen LogP) is 7.16. The van der Waals surface area contributed by atoms with Gasteiger partial charge in [-0.3, -0.25) is 4.72 Å². The Hall–Kier alpha value is -0.600. The maximum absolute atomic E-state index is 13.4. The number of rotatable bonds is 7. The van der Waals surface area contributed by atoms with Crippen LogP contribution in [-0.4, -0.2) is 46.2 Å². The monoisotopic (exact) mass is 584 g/mol. The molecule has 5 rings (SSSR count). The molecule has 5 nitrogen and oxygen atoms in total. The third-order valence-corrected chi connectivity index (χ3v) is 14.1. The Labute approximate surface area is 244 Å². The number of aliphatic hydroxyl groups is 2. The maximum Gasteiger partial charge on any atom is 0.324 e. The molecule has 0 radical (unpaired) electrons. The van der Waals surface area contributed by atoms with E-state index in [9.17, 15) is 23.8 Å². The molecule has 2 amide bonds. The van der Waals surface area contributed by atoms with Gasteiger partial charge in [0.1, 0.15) is 0 Å². The molecule has 0 spiro atoms. The highest BCUT2D eigenvalue weighted by molar-refractivity contribution is 7.98. The second-order valence-corrected chi connectivity index (χ2v) is 16.0.